The van der Waals surface area contributed by atoms with E-state index in [1.165, 1.54) is 22.3 Å². The van der Waals surface area contributed by atoms with Gasteiger partial charge in [0.05, 0.1) is 0 Å². The van der Waals surface area contributed by atoms with Crippen molar-refractivity contribution in [2.45, 2.75) is 33.9 Å². The Morgan fingerprint density at radius 2 is 1.70 bits per heavy atom. The van der Waals surface area contributed by atoms with Gasteiger partial charge in [-0.15, -0.1) is 0 Å². The van der Waals surface area contributed by atoms with Crippen LogP contribution in [-0.2, 0) is 13.2 Å². The van der Waals surface area contributed by atoms with Crippen molar-refractivity contribution in [1.82, 2.24) is 5.32 Å². The van der Waals surface area contributed by atoms with Crippen molar-refractivity contribution in [3.63, 3.8) is 0 Å². The largest absolute Gasteiger partial charge is 0.489 e. The van der Waals surface area contributed by atoms with Crippen LogP contribution >= 0.6 is 0 Å². The van der Waals surface area contributed by atoms with E-state index in [0.717, 1.165) is 18.8 Å². The highest BCUT2D eigenvalue weighted by molar-refractivity contribution is 5.34. The van der Waals surface area contributed by atoms with Gasteiger partial charge < -0.3 is 10.1 Å². The predicted octanol–water partition coefficient (Wildman–Crippen LogP) is 3.99. The lowest BCUT2D eigenvalue weighted by atomic mass is 10.0. The molecule has 0 heterocycles. The Balaban J connectivity index is 2.03. The molecule has 1 N–H and O–H groups in total. The Labute approximate surface area is 121 Å². The molecule has 0 aliphatic heterocycles. The summed E-state index contributed by atoms with van der Waals surface area (Å²) in [5.41, 5.74) is 5.11. The van der Waals surface area contributed by atoms with Crippen LogP contribution in [0.25, 0.3) is 0 Å². The Morgan fingerprint density at radius 1 is 1.00 bits per heavy atom. The lowest BCUT2D eigenvalue weighted by Crippen LogP contribution is -2.11. The summed E-state index contributed by atoms with van der Waals surface area (Å²) in [6.07, 6.45) is 0. The van der Waals surface area contributed by atoms with Gasteiger partial charge in [0, 0.05) is 6.54 Å². The molecule has 0 radical (unpaired) electrons. The average molecular weight is 269 g/mol. The van der Waals surface area contributed by atoms with Crippen LogP contribution in [0.1, 0.15) is 29.2 Å². The zero-order valence-electron chi connectivity index (χ0n) is 12.6. The normalized spacial score (nSPS) is 10.6. The van der Waals surface area contributed by atoms with Gasteiger partial charge in [0.25, 0.3) is 0 Å². The van der Waals surface area contributed by atoms with Crippen LogP contribution in [0.2, 0.25) is 0 Å². The van der Waals surface area contributed by atoms with Crippen molar-refractivity contribution in [3.05, 3.63) is 64.7 Å². The first kappa shape index (κ1) is 14.6. The second-order valence-corrected chi connectivity index (χ2v) is 5.09. The van der Waals surface area contributed by atoms with Crippen LogP contribution in [0.15, 0.2) is 42.5 Å². The number of aryl methyl sites for hydroxylation is 2. The van der Waals surface area contributed by atoms with Crippen LogP contribution in [0, 0.1) is 13.8 Å². The lowest BCUT2D eigenvalue weighted by molar-refractivity contribution is 0.304. The molecular weight excluding hydrogens is 246 g/mol. The minimum atomic E-state index is 0.628. The third-order valence-electron chi connectivity index (χ3n) is 3.51. The fraction of sp³-hybridized carbons (Fsp3) is 0.333. The van der Waals surface area contributed by atoms with Gasteiger partial charge in [0.2, 0.25) is 0 Å². The highest BCUT2D eigenvalue weighted by atomic mass is 16.5. The van der Waals surface area contributed by atoms with Crippen molar-refractivity contribution in [3.8, 4) is 5.75 Å². The summed E-state index contributed by atoms with van der Waals surface area (Å²) in [7, 11) is 0. The van der Waals surface area contributed by atoms with Crippen molar-refractivity contribution in [2.75, 3.05) is 6.54 Å². The Kier molecular flexibility index (Phi) is 5.19. The molecule has 2 nitrogen and oxygen atoms in total. The number of hydrogen-bond acceptors (Lipinski definition) is 2. The first-order chi connectivity index (χ1) is 9.70. The minimum Gasteiger partial charge on any atom is -0.489 e. The SMILES string of the molecule is CCNCc1cccc(OCc2c(C)cccc2C)c1. The number of hydrogen-bond donors (Lipinski definition) is 1. The summed E-state index contributed by atoms with van der Waals surface area (Å²) < 4.78 is 5.95. The van der Waals surface area contributed by atoms with Crippen LogP contribution in [0.5, 0.6) is 5.75 Å². The molecule has 0 aliphatic rings. The van der Waals surface area contributed by atoms with E-state index in [4.69, 9.17) is 4.74 Å². The number of ether oxygens (including phenoxy) is 1. The van der Waals surface area contributed by atoms with Gasteiger partial charge in [-0.3, -0.25) is 0 Å². The smallest absolute Gasteiger partial charge is 0.120 e. The number of benzene rings is 2. The summed E-state index contributed by atoms with van der Waals surface area (Å²) in [5, 5.41) is 3.33. The molecule has 0 aromatic heterocycles. The van der Waals surface area contributed by atoms with E-state index in [1.807, 2.05) is 12.1 Å². The molecule has 2 aromatic carbocycles. The second kappa shape index (κ2) is 7.11. The third-order valence-corrected chi connectivity index (χ3v) is 3.51. The van der Waals surface area contributed by atoms with Crippen molar-refractivity contribution in [1.29, 1.82) is 0 Å². The highest BCUT2D eigenvalue weighted by Gasteiger charge is 2.03. The van der Waals surface area contributed by atoms with E-state index in [-0.39, 0.29) is 0 Å². The molecule has 2 rings (SSSR count). The highest BCUT2D eigenvalue weighted by Crippen LogP contribution is 2.18. The molecule has 2 heteroatoms. The first-order valence-electron chi connectivity index (χ1n) is 7.18. The molecule has 0 saturated heterocycles. The van der Waals surface area contributed by atoms with Gasteiger partial charge in [-0.25, -0.2) is 0 Å². The van der Waals surface area contributed by atoms with Gasteiger partial charge in [-0.05, 0) is 54.8 Å². The lowest BCUT2D eigenvalue weighted by Gasteiger charge is -2.12. The molecule has 0 spiro atoms. The maximum Gasteiger partial charge on any atom is 0.120 e. The summed E-state index contributed by atoms with van der Waals surface area (Å²) in [5.74, 6) is 0.933. The van der Waals surface area contributed by atoms with Gasteiger partial charge in [-0.2, -0.15) is 0 Å². The summed E-state index contributed by atoms with van der Waals surface area (Å²) in [6, 6.07) is 14.6. The Morgan fingerprint density at radius 3 is 2.40 bits per heavy atom. The zero-order chi connectivity index (χ0) is 14.4. The van der Waals surface area contributed by atoms with Crippen molar-refractivity contribution in [2.24, 2.45) is 0 Å². The molecule has 2 aromatic rings. The second-order valence-electron chi connectivity index (χ2n) is 5.09. The molecule has 0 saturated carbocycles. The maximum absolute atomic E-state index is 5.95. The summed E-state index contributed by atoms with van der Waals surface area (Å²) in [6.45, 7) is 8.87. The molecule has 20 heavy (non-hydrogen) atoms. The van der Waals surface area contributed by atoms with Crippen LogP contribution in [-0.4, -0.2) is 6.54 Å². The zero-order valence-corrected chi connectivity index (χ0v) is 12.6. The monoisotopic (exact) mass is 269 g/mol. The fourth-order valence-electron chi connectivity index (χ4n) is 2.25. The van der Waals surface area contributed by atoms with E-state index < -0.39 is 0 Å². The number of nitrogens with one attached hydrogen (secondary N) is 1. The van der Waals surface area contributed by atoms with Crippen LogP contribution in [0.4, 0.5) is 0 Å². The van der Waals surface area contributed by atoms with Gasteiger partial charge in [-0.1, -0.05) is 37.3 Å². The molecule has 0 bridgehead atoms. The first-order valence-corrected chi connectivity index (χ1v) is 7.18. The van der Waals surface area contributed by atoms with Gasteiger partial charge in [0.15, 0.2) is 0 Å². The molecule has 0 unspecified atom stereocenters. The Hall–Kier alpha value is -1.80. The fourth-order valence-corrected chi connectivity index (χ4v) is 2.25. The van der Waals surface area contributed by atoms with E-state index in [0.29, 0.717) is 6.61 Å². The molecule has 0 atom stereocenters. The molecule has 106 valence electrons. The molecule has 0 amide bonds. The maximum atomic E-state index is 5.95. The van der Waals surface area contributed by atoms with Crippen LogP contribution in [0.3, 0.4) is 0 Å². The molecule has 0 fully saturated rings. The predicted molar refractivity (Wildman–Crippen MR) is 84.1 cm³/mol. The third kappa shape index (κ3) is 3.84. The van der Waals surface area contributed by atoms with E-state index in [1.54, 1.807) is 0 Å². The van der Waals surface area contributed by atoms with Gasteiger partial charge >= 0.3 is 0 Å². The molecular formula is C18H23NO. The van der Waals surface area contributed by atoms with Crippen molar-refractivity contribution >= 4 is 0 Å². The Bertz CT molecular complexity index is 543. The minimum absolute atomic E-state index is 0.628. The van der Waals surface area contributed by atoms with Crippen molar-refractivity contribution < 1.29 is 4.74 Å². The van der Waals surface area contributed by atoms with E-state index in [2.05, 4.69) is 56.4 Å². The van der Waals surface area contributed by atoms with E-state index >= 15 is 0 Å². The standard InChI is InChI=1S/C18H23NO/c1-4-19-12-16-9-6-10-17(11-16)20-13-18-14(2)7-5-8-15(18)3/h5-11,19H,4,12-13H2,1-3H3. The quantitative estimate of drug-likeness (QED) is 0.856. The summed E-state index contributed by atoms with van der Waals surface area (Å²) >= 11 is 0. The van der Waals surface area contributed by atoms with Gasteiger partial charge in [0.1, 0.15) is 12.4 Å². The topological polar surface area (TPSA) is 21.3 Å². The molecule has 0 aliphatic carbocycles. The summed E-state index contributed by atoms with van der Waals surface area (Å²) in [4.78, 5) is 0. The van der Waals surface area contributed by atoms with Crippen LogP contribution < -0.4 is 10.1 Å². The van der Waals surface area contributed by atoms with E-state index in [9.17, 15) is 0 Å². The number of rotatable bonds is 6. The average Bonchev–Trinajstić information content (AvgIpc) is 2.45.